The van der Waals surface area contributed by atoms with Crippen LogP contribution in [0.3, 0.4) is 0 Å². The Kier molecular flexibility index (Phi) is 5.12. The summed E-state index contributed by atoms with van der Waals surface area (Å²) in [5.74, 6) is 2.98. The number of anilines is 1. The number of fused-ring (bicyclic) bond motifs is 5. The summed E-state index contributed by atoms with van der Waals surface area (Å²) in [6, 6.07) is 8.55. The van der Waals surface area contributed by atoms with Gasteiger partial charge in [0.05, 0.1) is 6.10 Å². The van der Waals surface area contributed by atoms with Crippen LogP contribution in [0.5, 0.6) is 0 Å². The van der Waals surface area contributed by atoms with E-state index in [-0.39, 0.29) is 11.5 Å². The quantitative estimate of drug-likeness (QED) is 0.621. The molecular formula is C28H39NO2. The maximum atomic E-state index is 13.6. The summed E-state index contributed by atoms with van der Waals surface area (Å²) < 4.78 is 0. The molecule has 0 spiro atoms. The first-order valence-corrected chi connectivity index (χ1v) is 12.4. The molecule has 0 unspecified atom stereocenters. The highest BCUT2D eigenvalue weighted by molar-refractivity contribution is 6.06. The summed E-state index contributed by atoms with van der Waals surface area (Å²) in [5.41, 5.74) is 3.57. The van der Waals surface area contributed by atoms with Gasteiger partial charge >= 0.3 is 0 Å². The predicted molar refractivity (Wildman–Crippen MR) is 127 cm³/mol. The number of allylic oxidation sites excluding steroid dienone is 1. The van der Waals surface area contributed by atoms with E-state index >= 15 is 0 Å². The highest BCUT2D eigenvalue weighted by Gasteiger charge is 2.61. The molecule has 0 bridgehead atoms. The molecule has 0 radical (unpaired) electrons. The van der Waals surface area contributed by atoms with Gasteiger partial charge in [0.25, 0.3) is 0 Å². The Hall–Kier alpha value is -1.61. The third kappa shape index (κ3) is 3.30. The molecule has 5 rings (SSSR count). The van der Waals surface area contributed by atoms with Crippen molar-refractivity contribution in [1.82, 2.24) is 0 Å². The van der Waals surface area contributed by atoms with Crippen LogP contribution in [-0.4, -0.2) is 31.1 Å². The van der Waals surface area contributed by atoms with E-state index in [4.69, 9.17) is 0 Å². The van der Waals surface area contributed by atoms with Gasteiger partial charge in [-0.25, -0.2) is 0 Å². The minimum absolute atomic E-state index is 0.0926. The van der Waals surface area contributed by atoms with E-state index in [9.17, 15) is 9.90 Å². The highest BCUT2D eigenvalue weighted by Crippen LogP contribution is 2.66. The SMILES string of the molecule is CN(C)c1ccc(/C=C2\C[C@H]3[C@@H]4CC[C@@H]5C[C@H](O)CC[C@]5(C)[C@H]4CC[C@]3(C)C2=O)cc1. The molecule has 168 valence electrons. The molecule has 0 saturated heterocycles. The Morgan fingerprint density at radius 1 is 1.00 bits per heavy atom. The lowest BCUT2D eigenvalue weighted by Crippen LogP contribution is -2.54. The molecule has 1 aromatic carbocycles. The molecule has 4 fully saturated rings. The number of nitrogens with zero attached hydrogens (tertiary/aromatic N) is 1. The zero-order chi connectivity index (χ0) is 22.0. The normalized spacial score (nSPS) is 43.3. The Morgan fingerprint density at radius 2 is 1.74 bits per heavy atom. The molecule has 4 aliphatic rings. The molecule has 0 heterocycles. The first-order chi connectivity index (χ1) is 14.7. The maximum absolute atomic E-state index is 13.6. The number of ketones is 1. The van der Waals surface area contributed by atoms with Crippen molar-refractivity contribution in [2.24, 2.45) is 34.5 Å². The summed E-state index contributed by atoms with van der Waals surface area (Å²) in [6.45, 7) is 4.79. The third-order valence-corrected chi connectivity index (χ3v) is 10.0. The van der Waals surface area contributed by atoms with E-state index in [1.165, 1.54) is 24.9 Å². The zero-order valence-electron chi connectivity index (χ0n) is 19.7. The van der Waals surface area contributed by atoms with Crippen LogP contribution in [0.1, 0.15) is 70.8 Å². The molecule has 0 amide bonds. The van der Waals surface area contributed by atoms with Crippen LogP contribution < -0.4 is 4.90 Å². The van der Waals surface area contributed by atoms with E-state index in [0.717, 1.165) is 49.2 Å². The van der Waals surface area contributed by atoms with Crippen LogP contribution in [0.2, 0.25) is 0 Å². The van der Waals surface area contributed by atoms with Crippen molar-refractivity contribution in [3.05, 3.63) is 35.4 Å². The van der Waals surface area contributed by atoms with Crippen molar-refractivity contribution >= 4 is 17.5 Å². The molecule has 31 heavy (non-hydrogen) atoms. The average molecular weight is 422 g/mol. The predicted octanol–water partition coefficient (Wildman–Crippen LogP) is 5.72. The molecule has 0 aliphatic heterocycles. The number of aliphatic hydroxyl groups is 1. The molecule has 7 atom stereocenters. The van der Waals surface area contributed by atoms with Crippen LogP contribution in [0.15, 0.2) is 29.8 Å². The van der Waals surface area contributed by atoms with Crippen molar-refractivity contribution in [1.29, 1.82) is 0 Å². The number of carbonyl (C=O) groups excluding carboxylic acids is 1. The Bertz CT molecular complexity index is 887. The van der Waals surface area contributed by atoms with Crippen molar-refractivity contribution in [2.45, 2.75) is 71.3 Å². The number of rotatable bonds is 2. The minimum Gasteiger partial charge on any atom is -0.393 e. The first-order valence-electron chi connectivity index (χ1n) is 12.4. The summed E-state index contributed by atoms with van der Waals surface area (Å²) >= 11 is 0. The van der Waals surface area contributed by atoms with Crippen LogP contribution in [0.25, 0.3) is 6.08 Å². The van der Waals surface area contributed by atoms with Gasteiger partial charge in [0, 0.05) is 25.2 Å². The van der Waals surface area contributed by atoms with Gasteiger partial charge in [0.2, 0.25) is 0 Å². The van der Waals surface area contributed by atoms with Crippen molar-refractivity contribution in [2.75, 3.05) is 19.0 Å². The molecule has 4 aliphatic carbocycles. The molecule has 0 aromatic heterocycles. The molecule has 3 nitrogen and oxygen atoms in total. The third-order valence-electron chi connectivity index (χ3n) is 10.0. The fourth-order valence-corrected chi connectivity index (χ4v) is 8.10. The summed E-state index contributed by atoms with van der Waals surface area (Å²) in [4.78, 5) is 15.7. The largest absolute Gasteiger partial charge is 0.393 e. The van der Waals surface area contributed by atoms with Gasteiger partial charge in [0.15, 0.2) is 5.78 Å². The van der Waals surface area contributed by atoms with Crippen molar-refractivity contribution < 1.29 is 9.90 Å². The number of hydrogen-bond donors (Lipinski definition) is 1. The van der Waals surface area contributed by atoms with Crippen LogP contribution >= 0.6 is 0 Å². The summed E-state index contributed by atoms with van der Waals surface area (Å²) in [6.07, 6.45) is 10.9. The van der Waals surface area contributed by atoms with Crippen molar-refractivity contribution in [3.63, 3.8) is 0 Å². The number of carbonyl (C=O) groups is 1. The number of Topliss-reactive ketones (excluding diaryl/α,β-unsaturated/α-hetero) is 1. The number of aliphatic hydroxyl groups excluding tert-OH is 1. The molecule has 3 heteroatoms. The standard InChI is InChI=1S/C28H39NO2/c1-27-13-11-22(30)17-20(27)7-10-23-24(27)12-14-28(2)25(23)16-19(26(28)31)15-18-5-8-21(9-6-18)29(3)4/h5-6,8-9,15,20,22-25,30H,7,10-14,16-17H2,1-4H3/b19-15+/t20-,22-,23-,24+,25+,27+,28+/m1/s1. The molecule has 1 N–H and O–H groups in total. The lowest BCUT2D eigenvalue weighted by molar-refractivity contribution is -0.141. The lowest BCUT2D eigenvalue weighted by atomic mass is 9.45. The van der Waals surface area contributed by atoms with Gasteiger partial charge in [-0.2, -0.15) is 0 Å². The highest BCUT2D eigenvalue weighted by atomic mass is 16.3. The molecule has 4 saturated carbocycles. The van der Waals surface area contributed by atoms with E-state index in [0.29, 0.717) is 29.0 Å². The van der Waals surface area contributed by atoms with Crippen LogP contribution in [0, 0.1) is 34.5 Å². The molecule has 1 aromatic rings. The van der Waals surface area contributed by atoms with Gasteiger partial charge in [-0.05, 0) is 110 Å². The maximum Gasteiger partial charge on any atom is 0.165 e. The first kappa shape index (κ1) is 21.2. The second kappa shape index (κ2) is 7.47. The van der Waals surface area contributed by atoms with Crippen molar-refractivity contribution in [3.8, 4) is 0 Å². The van der Waals surface area contributed by atoms with Gasteiger partial charge in [-0.1, -0.05) is 26.0 Å². The second-order valence-corrected chi connectivity index (χ2v) is 11.7. The van der Waals surface area contributed by atoms with Gasteiger partial charge < -0.3 is 10.0 Å². The summed E-state index contributed by atoms with van der Waals surface area (Å²) in [7, 11) is 4.11. The van der Waals surface area contributed by atoms with Crippen LogP contribution in [0.4, 0.5) is 5.69 Å². The monoisotopic (exact) mass is 421 g/mol. The second-order valence-electron chi connectivity index (χ2n) is 11.7. The average Bonchev–Trinajstić information content (AvgIpc) is 2.99. The summed E-state index contributed by atoms with van der Waals surface area (Å²) in [5, 5.41) is 10.3. The van der Waals surface area contributed by atoms with Gasteiger partial charge in [-0.3, -0.25) is 4.79 Å². The van der Waals surface area contributed by atoms with E-state index in [2.05, 4.69) is 63.2 Å². The number of benzene rings is 1. The Labute approximate surface area is 187 Å². The minimum atomic E-state index is -0.173. The topological polar surface area (TPSA) is 40.5 Å². The Morgan fingerprint density at radius 3 is 2.45 bits per heavy atom. The fourth-order valence-electron chi connectivity index (χ4n) is 8.10. The zero-order valence-corrected chi connectivity index (χ0v) is 19.7. The molecular weight excluding hydrogens is 382 g/mol. The van der Waals surface area contributed by atoms with Crippen LogP contribution in [-0.2, 0) is 4.79 Å². The van der Waals surface area contributed by atoms with E-state index < -0.39 is 0 Å². The number of hydrogen-bond acceptors (Lipinski definition) is 3. The lowest BCUT2D eigenvalue weighted by Gasteiger charge is -2.59. The fraction of sp³-hybridized carbons (Fsp3) is 0.679. The van der Waals surface area contributed by atoms with Gasteiger partial charge in [-0.15, -0.1) is 0 Å². The Balaban J connectivity index is 1.41. The van der Waals surface area contributed by atoms with E-state index in [1.54, 1.807) is 0 Å². The smallest absolute Gasteiger partial charge is 0.165 e. The van der Waals surface area contributed by atoms with E-state index in [1.807, 2.05) is 0 Å². The van der Waals surface area contributed by atoms with Gasteiger partial charge in [0.1, 0.15) is 0 Å².